The first kappa shape index (κ1) is 20.8. The summed E-state index contributed by atoms with van der Waals surface area (Å²) < 4.78 is 29.1. The summed E-state index contributed by atoms with van der Waals surface area (Å²) in [6.45, 7) is 2.81. The highest BCUT2D eigenvalue weighted by Gasteiger charge is 2.41. The topological polar surface area (TPSA) is 73.9 Å². The second-order valence-corrected chi connectivity index (χ2v) is 6.79. The van der Waals surface area contributed by atoms with Gasteiger partial charge in [0.15, 0.2) is 0 Å². The van der Waals surface area contributed by atoms with Crippen LogP contribution in [0.5, 0.6) is 5.75 Å². The van der Waals surface area contributed by atoms with Gasteiger partial charge in [-0.25, -0.2) is 9.18 Å². The summed E-state index contributed by atoms with van der Waals surface area (Å²) in [5, 5.41) is 2.90. The van der Waals surface area contributed by atoms with Crippen molar-refractivity contribution in [3.63, 3.8) is 0 Å². The quantitative estimate of drug-likeness (QED) is 0.747. The lowest BCUT2D eigenvalue weighted by atomic mass is 9.73. The molecule has 3 rings (SSSR count). The molecule has 154 valence electrons. The third-order valence-electron chi connectivity index (χ3n) is 5.13. The van der Waals surface area contributed by atoms with Crippen molar-refractivity contribution in [2.75, 3.05) is 32.2 Å². The third-order valence-corrected chi connectivity index (χ3v) is 5.13. The standard InChI is InChI=1S/C22H24FNO5/c1-3-29-20(25)18-14-17(8-9-19(18)27-2)24-21(26)22(10-12-28-13-11-22)15-4-6-16(23)7-5-15/h4-9,14H,3,10-13H2,1-2H3,(H,24,26). The van der Waals surface area contributed by atoms with Crippen molar-refractivity contribution in [2.45, 2.75) is 25.2 Å². The van der Waals surface area contributed by atoms with E-state index in [1.165, 1.54) is 25.3 Å². The van der Waals surface area contributed by atoms with Gasteiger partial charge in [-0.05, 0) is 55.7 Å². The van der Waals surface area contributed by atoms with E-state index in [0.29, 0.717) is 37.5 Å². The van der Waals surface area contributed by atoms with Gasteiger partial charge in [0.1, 0.15) is 17.1 Å². The molecule has 1 N–H and O–H groups in total. The molecule has 1 amide bonds. The summed E-state index contributed by atoms with van der Waals surface area (Å²) in [6, 6.07) is 10.8. The summed E-state index contributed by atoms with van der Waals surface area (Å²) >= 11 is 0. The number of ether oxygens (including phenoxy) is 3. The van der Waals surface area contributed by atoms with E-state index in [9.17, 15) is 14.0 Å². The number of carbonyl (C=O) groups is 2. The van der Waals surface area contributed by atoms with Gasteiger partial charge in [-0.1, -0.05) is 12.1 Å². The number of amides is 1. The molecule has 1 aliphatic heterocycles. The van der Waals surface area contributed by atoms with E-state index >= 15 is 0 Å². The fourth-order valence-electron chi connectivity index (χ4n) is 3.54. The Morgan fingerprint density at radius 2 is 1.83 bits per heavy atom. The second kappa shape index (κ2) is 9.05. The number of esters is 1. The first-order valence-corrected chi connectivity index (χ1v) is 9.50. The highest BCUT2D eigenvalue weighted by atomic mass is 19.1. The van der Waals surface area contributed by atoms with E-state index in [1.807, 2.05) is 0 Å². The number of carbonyl (C=O) groups excluding carboxylic acids is 2. The molecule has 29 heavy (non-hydrogen) atoms. The number of methoxy groups -OCH3 is 1. The molecule has 0 aliphatic carbocycles. The van der Waals surface area contributed by atoms with Gasteiger partial charge < -0.3 is 19.5 Å². The maximum Gasteiger partial charge on any atom is 0.341 e. The maximum atomic E-state index is 13.4. The van der Waals surface area contributed by atoms with E-state index in [1.54, 1.807) is 31.2 Å². The number of hydrogen-bond donors (Lipinski definition) is 1. The number of halogens is 1. The first-order valence-electron chi connectivity index (χ1n) is 9.50. The van der Waals surface area contributed by atoms with Crippen molar-refractivity contribution in [2.24, 2.45) is 0 Å². The smallest absolute Gasteiger partial charge is 0.341 e. The lowest BCUT2D eigenvalue weighted by Gasteiger charge is -2.36. The fraction of sp³-hybridized carbons (Fsp3) is 0.364. The van der Waals surface area contributed by atoms with Crippen LogP contribution >= 0.6 is 0 Å². The fourth-order valence-corrected chi connectivity index (χ4v) is 3.54. The zero-order chi connectivity index (χ0) is 20.9. The van der Waals surface area contributed by atoms with Crippen molar-refractivity contribution in [1.29, 1.82) is 0 Å². The molecule has 0 aromatic heterocycles. The highest BCUT2D eigenvalue weighted by molar-refractivity contribution is 6.01. The molecular weight excluding hydrogens is 377 g/mol. The Bertz CT molecular complexity index is 875. The van der Waals surface area contributed by atoms with E-state index < -0.39 is 11.4 Å². The zero-order valence-electron chi connectivity index (χ0n) is 16.5. The van der Waals surface area contributed by atoms with Crippen LogP contribution in [0.3, 0.4) is 0 Å². The van der Waals surface area contributed by atoms with Gasteiger partial charge in [0.25, 0.3) is 0 Å². The van der Waals surface area contributed by atoms with Crippen LogP contribution in [0.1, 0.15) is 35.7 Å². The predicted octanol–water partition coefficient (Wildman–Crippen LogP) is 3.70. The molecule has 0 spiro atoms. The summed E-state index contributed by atoms with van der Waals surface area (Å²) in [7, 11) is 1.46. The summed E-state index contributed by atoms with van der Waals surface area (Å²) in [6.07, 6.45) is 0.955. The molecule has 0 radical (unpaired) electrons. The molecule has 0 unspecified atom stereocenters. The minimum Gasteiger partial charge on any atom is -0.496 e. The number of rotatable bonds is 6. The zero-order valence-corrected chi connectivity index (χ0v) is 16.5. The number of hydrogen-bond acceptors (Lipinski definition) is 5. The Labute approximate surface area is 169 Å². The van der Waals surface area contributed by atoms with Gasteiger partial charge >= 0.3 is 5.97 Å². The molecule has 2 aromatic carbocycles. The minimum atomic E-state index is -0.837. The van der Waals surface area contributed by atoms with Crippen LogP contribution in [-0.4, -0.2) is 38.8 Å². The molecule has 1 heterocycles. The summed E-state index contributed by atoms with van der Waals surface area (Å²) in [4.78, 5) is 25.5. The Balaban J connectivity index is 1.91. The number of anilines is 1. The van der Waals surface area contributed by atoms with Crippen molar-refractivity contribution in [3.05, 3.63) is 59.4 Å². The molecule has 0 atom stereocenters. The van der Waals surface area contributed by atoms with Gasteiger partial charge in [0.2, 0.25) is 5.91 Å². The van der Waals surface area contributed by atoms with E-state index in [2.05, 4.69) is 5.32 Å². The van der Waals surface area contributed by atoms with Crippen molar-refractivity contribution in [1.82, 2.24) is 0 Å². The molecule has 1 saturated heterocycles. The van der Waals surface area contributed by atoms with Crippen LogP contribution < -0.4 is 10.1 Å². The largest absolute Gasteiger partial charge is 0.496 e. The first-order chi connectivity index (χ1) is 14.0. The number of benzene rings is 2. The lowest BCUT2D eigenvalue weighted by molar-refractivity contribution is -0.125. The van der Waals surface area contributed by atoms with Crippen molar-refractivity contribution >= 4 is 17.6 Å². The lowest BCUT2D eigenvalue weighted by Crippen LogP contribution is -2.44. The number of nitrogens with one attached hydrogen (secondary N) is 1. The molecule has 0 saturated carbocycles. The minimum absolute atomic E-state index is 0.228. The van der Waals surface area contributed by atoms with Gasteiger partial charge in [-0.15, -0.1) is 0 Å². The van der Waals surface area contributed by atoms with Gasteiger partial charge in [0.05, 0.1) is 19.1 Å². The molecule has 0 bridgehead atoms. The highest BCUT2D eigenvalue weighted by Crippen LogP contribution is 2.36. The Morgan fingerprint density at radius 1 is 1.14 bits per heavy atom. The summed E-state index contributed by atoms with van der Waals surface area (Å²) in [5.74, 6) is -0.751. The average molecular weight is 401 g/mol. The van der Waals surface area contributed by atoms with Gasteiger partial charge in [-0.2, -0.15) is 0 Å². The molecule has 2 aromatic rings. The van der Waals surface area contributed by atoms with E-state index in [0.717, 1.165) is 5.56 Å². The second-order valence-electron chi connectivity index (χ2n) is 6.79. The van der Waals surface area contributed by atoms with Crippen molar-refractivity contribution in [3.8, 4) is 5.75 Å². The molecule has 7 heteroatoms. The van der Waals surface area contributed by atoms with Crippen molar-refractivity contribution < 1.29 is 28.2 Å². The molecule has 6 nitrogen and oxygen atoms in total. The third kappa shape index (κ3) is 4.40. The Kier molecular flexibility index (Phi) is 6.49. The molecule has 1 aliphatic rings. The Morgan fingerprint density at radius 3 is 2.45 bits per heavy atom. The average Bonchev–Trinajstić information content (AvgIpc) is 2.74. The predicted molar refractivity (Wildman–Crippen MR) is 106 cm³/mol. The van der Waals surface area contributed by atoms with E-state index in [4.69, 9.17) is 14.2 Å². The van der Waals surface area contributed by atoms with Crippen LogP contribution in [-0.2, 0) is 19.7 Å². The van der Waals surface area contributed by atoms with Crippen LogP contribution in [0.25, 0.3) is 0 Å². The SMILES string of the molecule is CCOC(=O)c1cc(NC(=O)C2(c3ccc(F)cc3)CCOCC2)ccc1OC. The van der Waals surface area contributed by atoms with Crippen LogP contribution in [0, 0.1) is 5.82 Å². The molecular formula is C22H24FNO5. The van der Waals surface area contributed by atoms with Crippen LogP contribution in [0.2, 0.25) is 0 Å². The van der Waals surface area contributed by atoms with Crippen LogP contribution in [0.4, 0.5) is 10.1 Å². The van der Waals surface area contributed by atoms with Crippen LogP contribution in [0.15, 0.2) is 42.5 Å². The van der Waals surface area contributed by atoms with E-state index in [-0.39, 0.29) is 23.9 Å². The normalized spacial score (nSPS) is 15.4. The van der Waals surface area contributed by atoms with Gasteiger partial charge in [0, 0.05) is 18.9 Å². The Hall–Kier alpha value is -2.93. The molecule has 1 fully saturated rings. The monoisotopic (exact) mass is 401 g/mol. The maximum absolute atomic E-state index is 13.4. The van der Waals surface area contributed by atoms with Gasteiger partial charge in [-0.3, -0.25) is 4.79 Å². The summed E-state index contributed by atoms with van der Waals surface area (Å²) in [5.41, 5.74) is 0.580.